The third kappa shape index (κ3) is 4.85. The Morgan fingerprint density at radius 2 is 1.83 bits per heavy atom. The number of carbonyl (C=O) groups is 1. The first-order valence-corrected chi connectivity index (χ1v) is 8.06. The molecule has 0 heterocycles. The van der Waals surface area contributed by atoms with Crippen molar-refractivity contribution in [2.45, 2.75) is 46.8 Å². The van der Waals surface area contributed by atoms with Crippen LogP contribution in [0.2, 0.25) is 0 Å². The van der Waals surface area contributed by atoms with Crippen LogP contribution in [0.3, 0.4) is 0 Å². The topological polar surface area (TPSA) is 38.3 Å². The highest BCUT2D eigenvalue weighted by atomic mass is 16.5. The Morgan fingerprint density at radius 1 is 1.09 bits per heavy atom. The molecule has 0 aliphatic carbocycles. The van der Waals surface area contributed by atoms with Crippen LogP contribution in [-0.2, 0) is 11.3 Å². The zero-order valence-corrected chi connectivity index (χ0v) is 14.3. The van der Waals surface area contributed by atoms with Crippen molar-refractivity contribution in [2.24, 2.45) is 0 Å². The number of hydrogen-bond donors (Lipinski definition) is 1. The number of hydrogen-bond acceptors (Lipinski definition) is 2. The molecule has 3 nitrogen and oxygen atoms in total. The van der Waals surface area contributed by atoms with Crippen LogP contribution in [0.15, 0.2) is 42.5 Å². The zero-order chi connectivity index (χ0) is 16.8. The van der Waals surface area contributed by atoms with E-state index in [0.29, 0.717) is 13.0 Å². The van der Waals surface area contributed by atoms with Gasteiger partial charge in [-0.3, -0.25) is 4.79 Å². The Hall–Kier alpha value is -2.29. The van der Waals surface area contributed by atoms with Crippen LogP contribution >= 0.6 is 0 Å². The van der Waals surface area contributed by atoms with Crippen molar-refractivity contribution in [3.8, 4) is 5.75 Å². The number of carbonyl (C=O) groups excluding carboxylic acids is 1. The van der Waals surface area contributed by atoms with Gasteiger partial charge in [0.2, 0.25) is 0 Å². The molecule has 0 spiro atoms. The third-order valence-corrected chi connectivity index (χ3v) is 3.81. The molecule has 122 valence electrons. The Bertz CT molecular complexity index is 679. The Morgan fingerprint density at radius 3 is 2.48 bits per heavy atom. The second-order valence-electron chi connectivity index (χ2n) is 5.99. The molecule has 1 amide bonds. The summed E-state index contributed by atoms with van der Waals surface area (Å²) in [5.74, 6) is 0.696. The summed E-state index contributed by atoms with van der Waals surface area (Å²) < 4.78 is 5.91. The third-order valence-electron chi connectivity index (χ3n) is 3.81. The van der Waals surface area contributed by atoms with Gasteiger partial charge < -0.3 is 10.1 Å². The summed E-state index contributed by atoms with van der Waals surface area (Å²) in [7, 11) is 0. The number of rotatable bonds is 6. The molecule has 2 aromatic carbocycles. The van der Waals surface area contributed by atoms with Gasteiger partial charge in [0.05, 0.1) is 0 Å². The highest BCUT2D eigenvalue weighted by molar-refractivity contribution is 5.81. The van der Waals surface area contributed by atoms with Crippen molar-refractivity contribution < 1.29 is 9.53 Å². The van der Waals surface area contributed by atoms with Crippen LogP contribution in [0.4, 0.5) is 0 Å². The van der Waals surface area contributed by atoms with Crippen molar-refractivity contribution in [2.75, 3.05) is 0 Å². The second-order valence-corrected chi connectivity index (χ2v) is 5.99. The summed E-state index contributed by atoms with van der Waals surface area (Å²) in [6, 6.07) is 14.1. The fourth-order valence-electron chi connectivity index (χ4n) is 2.53. The largest absolute Gasteiger partial charge is 0.480 e. The van der Waals surface area contributed by atoms with Crippen molar-refractivity contribution in [1.82, 2.24) is 5.32 Å². The minimum Gasteiger partial charge on any atom is -0.480 e. The molecule has 0 fully saturated rings. The first kappa shape index (κ1) is 17.1. The second kappa shape index (κ2) is 7.82. The lowest BCUT2D eigenvalue weighted by Gasteiger charge is -2.19. The molecule has 1 N–H and O–H groups in total. The molecule has 0 saturated carbocycles. The minimum absolute atomic E-state index is 0.0750. The Labute approximate surface area is 138 Å². The van der Waals surface area contributed by atoms with Crippen LogP contribution < -0.4 is 10.1 Å². The fraction of sp³-hybridized carbons (Fsp3) is 0.350. The minimum atomic E-state index is -0.471. The molecule has 2 aromatic rings. The summed E-state index contributed by atoms with van der Waals surface area (Å²) in [5, 5.41) is 2.96. The SMILES string of the molecule is CC[C@H](Oc1ccc(C)cc1C)C(=O)NCc1cccc(C)c1. The average molecular weight is 311 g/mol. The molecule has 0 radical (unpaired) electrons. The van der Waals surface area contributed by atoms with Gasteiger partial charge >= 0.3 is 0 Å². The van der Waals surface area contributed by atoms with Gasteiger partial charge in [0.1, 0.15) is 5.75 Å². The van der Waals surface area contributed by atoms with Crippen molar-refractivity contribution in [3.63, 3.8) is 0 Å². The first-order chi connectivity index (χ1) is 11.0. The van der Waals surface area contributed by atoms with E-state index in [0.717, 1.165) is 16.9 Å². The molecule has 0 aliphatic rings. The lowest BCUT2D eigenvalue weighted by molar-refractivity contribution is -0.128. The van der Waals surface area contributed by atoms with E-state index in [1.165, 1.54) is 11.1 Å². The maximum absolute atomic E-state index is 12.4. The number of benzene rings is 2. The number of amides is 1. The molecular formula is C20H25NO2. The maximum atomic E-state index is 12.4. The van der Waals surface area contributed by atoms with Crippen LogP contribution in [0.25, 0.3) is 0 Å². The van der Waals surface area contributed by atoms with E-state index in [-0.39, 0.29) is 5.91 Å². The smallest absolute Gasteiger partial charge is 0.261 e. The van der Waals surface area contributed by atoms with E-state index in [2.05, 4.69) is 17.4 Å². The molecule has 1 atom stereocenters. The molecule has 2 rings (SSSR count). The maximum Gasteiger partial charge on any atom is 0.261 e. The number of nitrogens with one attached hydrogen (secondary N) is 1. The highest BCUT2D eigenvalue weighted by Gasteiger charge is 2.18. The van der Waals surface area contributed by atoms with Gasteiger partial charge in [0.15, 0.2) is 6.10 Å². The van der Waals surface area contributed by atoms with E-state index in [1.54, 1.807) is 0 Å². The van der Waals surface area contributed by atoms with Gasteiger partial charge in [-0.25, -0.2) is 0 Å². The van der Waals surface area contributed by atoms with Crippen molar-refractivity contribution in [3.05, 3.63) is 64.7 Å². The van der Waals surface area contributed by atoms with E-state index in [9.17, 15) is 4.79 Å². The Kier molecular flexibility index (Phi) is 5.80. The molecule has 0 unspecified atom stereocenters. The van der Waals surface area contributed by atoms with Crippen molar-refractivity contribution in [1.29, 1.82) is 0 Å². The summed E-state index contributed by atoms with van der Waals surface area (Å²) in [6.45, 7) is 8.57. The van der Waals surface area contributed by atoms with Gasteiger partial charge in [-0.1, -0.05) is 54.4 Å². The van der Waals surface area contributed by atoms with Crippen LogP contribution in [0, 0.1) is 20.8 Å². The van der Waals surface area contributed by atoms with Crippen LogP contribution in [0.1, 0.15) is 35.6 Å². The molecule has 0 bridgehead atoms. The standard InChI is InChI=1S/C20H25NO2/c1-5-18(23-19-10-9-15(3)11-16(19)4)20(22)21-13-17-8-6-7-14(2)12-17/h6-12,18H,5,13H2,1-4H3,(H,21,22)/t18-/m0/s1. The highest BCUT2D eigenvalue weighted by Crippen LogP contribution is 2.21. The molecular weight excluding hydrogens is 286 g/mol. The van der Waals surface area contributed by atoms with Gasteiger partial charge in [0.25, 0.3) is 5.91 Å². The lowest BCUT2D eigenvalue weighted by Crippen LogP contribution is -2.37. The molecule has 0 aliphatic heterocycles. The van der Waals surface area contributed by atoms with E-state index >= 15 is 0 Å². The first-order valence-electron chi connectivity index (χ1n) is 8.06. The zero-order valence-electron chi connectivity index (χ0n) is 14.3. The summed E-state index contributed by atoms with van der Waals surface area (Å²) in [6.07, 6.45) is 0.161. The van der Waals surface area contributed by atoms with Gasteiger partial charge in [-0.15, -0.1) is 0 Å². The summed E-state index contributed by atoms with van der Waals surface area (Å²) in [4.78, 5) is 12.4. The van der Waals surface area contributed by atoms with Gasteiger partial charge in [-0.2, -0.15) is 0 Å². The lowest BCUT2D eigenvalue weighted by atomic mass is 10.1. The number of aryl methyl sites for hydroxylation is 3. The molecule has 3 heteroatoms. The van der Waals surface area contributed by atoms with Crippen LogP contribution in [0.5, 0.6) is 5.75 Å². The van der Waals surface area contributed by atoms with Gasteiger partial charge in [-0.05, 0) is 44.4 Å². The Balaban J connectivity index is 1.98. The summed E-state index contributed by atoms with van der Waals surface area (Å²) in [5.41, 5.74) is 4.52. The fourth-order valence-corrected chi connectivity index (χ4v) is 2.53. The van der Waals surface area contributed by atoms with Gasteiger partial charge in [0, 0.05) is 6.54 Å². The van der Waals surface area contributed by atoms with E-state index in [1.807, 2.05) is 58.0 Å². The van der Waals surface area contributed by atoms with E-state index in [4.69, 9.17) is 4.74 Å². The summed E-state index contributed by atoms with van der Waals surface area (Å²) >= 11 is 0. The molecule has 0 saturated heterocycles. The normalized spacial score (nSPS) is 11.8. The average Bonchev–Trinajstić information content (AvgIpc) is 2.52. The predicted octanol–water partition coefficient (Wildman–Crippen LogP) is 4.09. The molecule has 23 heavy (non-hydrogen) atoms. The predicted molar refractivity (Wildman–Crippen MR) is 93.6 cm³/mol. The molecule has 0 aromatic heterocycles. The van der Waals surface area contributed by atoms with E-state index < -0.39 is 6.10 Å². The monoisotopic (exact) mass is 311 g/mol. The number of ether oxygens (including phenoxy) is 1. The quantitative estimate of drug-likeness (QED) is 0.872. The van der Waals surface area contributed by atoms with Crippen LogP contribution in [-0.4, -0.2) is 12.0 Å². The van der Waals surface area contributed by atoms with Crippen molar-refractivity contribution >= 4 is 5.91 Å².